The van der Waals surface area contributed by atoms with E-state index in [2.05, 4.69) is 9.62 Å². The van der Waals surface area contributed by atoms with Gasteiger partial charge in [-0.05, 0) is 63.0 Å². The molecule has 0 aliphatic carbocycles. The molecule has 0 bridgehead atoms. The van der Waals surface area contributed by atoms with Gasteiger partial charge in [0, 0.05) is 12.1 Å². The van der Waals surface area contributed by atoms with Crippen molar-refractivity contribution in [2.45, 2.75) is 42.7 Å². The van der Waals surface area contributed by atoms with Crippen LogP contribution in [0.3, 0.4) is 0 Å². The molecule has 110 valence electrons. The smallest absolute Gasteiger partial charge is 0.240 e. The standard InChI is InChI=1S/C14H19FN2O2S/c15-11-3-5-14(6-4-11)20(18,19)16-12-7-9-17-8-1-2-13(17)10-12/h3-6,12-13,16H,1-2,7-10H2. The van der Waals surface area contributed by atoms with Gasteiger partial charge in [0.2, 0.25) is 10.0 Å². The predicted molar refractivity (Wildman–Crippen MR) is 74.3 cm³/mol. The van der Waals surface area contributed by atoms with E-state index in [0.29, 0.717) is 6.04 Å². The number of nitrogens with one attached hydrogen (secondary N) is 1. The molecule has 2 fully saturated rings. The van der Waals surface area contributed by atoms with Crippen molar-refractivity contribution >= 4 is 10.0 Å². The van der Waals surface area contributed by atoms with Crippen molar-refractivity contribution < 1.29 is 12.8 Å². The minimum absolute atomic E-state index is 0.00981. The van der Waals surface area contributed by atoms with E-state index in [1.165, 1.54) is 30.7 Å². The predicted octanol–water partition coefficient (Wildman–Crippen LogP) is 1.73. The van der Waals surface area contributed by atoms with Crippen LogP contribution in [-0.2, 0) is 10.0 Å². The lowest BCUT2D eigenvalue weighted by molar-refractivity contribution is 0.176. The van der Waals surface area contributed by atoms with Gasteiger partial charge in [-0.25, -0.2) is 17.5 Å². The molecular weight excluding hydrogens is 279 g/mol. The molecule has 0 spiro atoms. The van der Waals surface area contributed by atoms with Crippen LogP contribution in [0.5, 0.6) is 0 Å². The van der Waals surface area contributed by atoms with Gasteiger partial charge >= 0.3 is 0 Å². The van der Waals surface area contributed by atoms with Gasteiger partial charge in [0.15, 0.2) is 0 Å². The summed E-state index contributed by atoms with van der Waals surface area (Å²) in [6.07, 6.45) is 4.09. The summed E-state index contributed by atoms with van der Waals surface area (Å²) >= 11 is 0. The molecule has 2 aliphatic rings. The van der Waals surface area contributed by atoms with E-state index in [0.717, 1.165) is 32.4 Å². The van der Waals surface area contributed by atoms with Crippen molar-refractivity contribution in [2.24, 2.45) is 0 Å². The van der Waals surface area contributed by atoms with Crippen LogP contribution in [-0.4, -0.2) is 38.5 Å². The zero-order valence-corrected chi connectivity index (χ0v) is 12.1. The molecule has 0 amide bonds. The Morgan fingerprint density at radius 1 is 1.15 bits per heavy atom. The molecule has 0 radical (unpaired) electrons. The second kappa shape index (κ2) is 5.42. The summed E-state index contributed by atoms with van der Waals surface area (Å²) in [7, 11) is -3.54. The normalized spacial score (nSPS) is 27.4. The van der Waals surface area contributed by atoms with Gasteiger partial charge < -0.3 is 4.90 Å². The Morgan fingerprint density at radius 2 is 1.90 bits per heavy atom. The fraction of sp³-hybridized carbons (Fsp3) is 0.571. The number of sulfonamides is 1. The first-order valence-electron chi connectivity index (χ1n) is 7.06. The average molecular weight is 298 g/mol. The highest BCUT2D eigenvalue weighted by Gasteiger charge is 2.33. The summed E-state index contributed by atoms with van der Waals surface area (Å²) < 4.78 is 40.1. The van der Waals surface area contributed by atoms with Gasteiger partial charge in [0.1, 0.15) is 5.82 Å². The summed E-state index contributed by atoms with van der Waals surface area (Å²) in [5.74, 6) is -0.428. The van der Waals surface area contributed by atoms with E-state index in [9.17, 15) is 12.8 Å². The largest absolute Gasteiger partial charge is 0.300 e. The van der Waals surface area contributed by atoms with Crippen LogP contribution >= 0.6 is 0 Å². The fourth-order valence-corrected chi connectivity index (χ4v) is 4.52. The topological polar surface area (TPSA) is 49.4 Å². The second-order valence-corrected chi connectivity index (χ2v) is 7.34. The van der Waals surface area contributed by atoms with Crippen LogP contribution < -0.4 is 4.72 Å². The zero-order chi connectivity index (χ0) is 14.2. The lowest BCUT2D eigenvalue weighted by Crippen LogP contribution is -2.47. The molecule has 1 aromatic carbocycles. The summed E-state index contributed by atoms with van der Waals surface area (Å²) in [5, 5.41) is 0. The Hall–Kier alpha value is -0.980. The maximum atomic E-state index is 12.9. The van der Waals surface area contributed by atoms with Gasteiger partial charge in [-0.3, -0.25) is 0 Å². The molecule has 3 rings (SSSR count). The second-order valence-electron chi connectivity index (χ2n) is 5.63. The van der Waals surface area contributed by atoms with E-state index < -0.39 is 15.8 Å². The van der Waals surface area contributed by atoms with Crippen molar-refractivity contribution in [2.75, 3.05) is 13.1 Å². The minimum atomic E-state index is -3.54. The third kappa shape index (κ3) is 2.87. The maximum absolute atomic E-state index is 12.9. The molecule has 2 atom stereocenters. The van der Waals surface area contributed by atoms with Crippen LogP contribution in [0.25, 0.3) is 0 Å². The summed E-state index contributed by atoms with van der Waals surface area (Å²) in [6.45, 7) is 2.10. The highest BCUT2D eigenvalue weighted by atomic mass is 32.2. The van der Waals surface area contributed by atoms with Gasteiger partial charge in [-0.15, -0.1) is 0 Å². The molecule has 6 heteroatoms. The van der Waals surface area contributed by atoms with E-state index in [1.54, 1.807) is 0 Å². The molecule has 1 aromatic rings. The van der Waals surface area contributed by atoms with E-state index in [1.807, 2.05) is 0 Å². The SMILES string of the molecule is O=S(=O)(NC1CCN2CCCC2C1)c1ccc(F)cc1. The molecule has 2 aliphatic heterocycles. The highest BCUT2D eigenvalue weighted by molar-refractivity contribution is 7.89. The summed E-state index contributed by atoms with van der Waals surface area (Å²) in [6, 6.07) is 5.47. The van der Waals surface area contributed by atoms with Crippen LogP contribution in [0, 0.1) is 5.82 Å². The Balaban J connectivity index is 1.69. The Bertz CT molecular complexity index is 573. The Morgan fingerprint density at radius 3 is 2.65 bits per heavy atom. The first kappa shape index (κ1) is 14.0. The molecule has 0 saturated carbocycles. The third-order valence-electron chi connectivity index (χ3n) is 4.27. The van der Waals surface area contributed by atoms with Gasteiger partial charge in [0.25, 0.3) is 0 Å². The quantitative estimate of drug-likeness (QED) is 0.924. The lowest BCUT2D eigenvalue weighted by Gasteiger charge is -2.34. The van der Waals surface area contributed by atoms with E-state index >= 15 is 0 Å². The molecular formula is C14H19FN2O2S. The fourth-order valence-electron chi connectivity index (χ4n) is 3.23. The maximum Gasteiger partial charge on any atom is 0.240 e. The van der Waals surface area contributed by atoms with Crippen LogP contribution in [0.2, 0.25) is 0 Å². The number of hydrogen-bond donors (Lipinski definition) is 1. The number of halogens is 1. The van der Waals surface area contributed by atoms with Crippen LogP contribution in [0.1, 0.15) is 25.7 Å². The van der Waals surface area contributed by atoms with Gasteiger partial charge in [-0.1, -0.05) is 0 Å². The van der Waals surface area contributed by atoms with Crippen molar-refractivity contribution in [1.29, 1.82) is 0 Å². The van der Waals surface area contributed by atoms with Crippen molar-refractivity contribution in [3.63, 3.8) is 0 Å². The number of rotatable bonds is 3. The number of benzene rings is 1. The van der Waals surface area contributed by atoms with E-state index in [4.69, 9.17) is 0 Å². The first-order valence-corrected chi connectivity index (χ1v) is 8.55. The molecule has 1 N–H and O–H groups in total. The number of piperidine rings is 1. The number of fused-ring (bicyclic) bond motifs is 1. The van der Waals surface area contributed by atoms with Crippen LogP contribution in [0.4, 0.5) is 4.39 Å². The highest BCUT2D eigenvalue weighted by Crippen LogP contribution is 2.27. The Labute approximate surface area is 119 Å². The van der Waals surface area contributed by atoms with Crippen molar-refractivity contribution in [3.8, 4) is 0 Å². The lowest BCUT2D eigenvalue weighted by atomic mass is 9.99. The van der Waals surface area contributed by atoms with E-state index in [-0.39, 0.29) is 10.9 Å². The van der Waals surface area contributed by atoms with Crippen molar-refractivity contribution in [3.05, 3.63) is 30.1 Å². The van der Waals surface area contributed by atoms with Gasteiger partial charge in [-0.2, -0.15) is 0 Å². The summed E-state index contributed by atoms with van der Waals surface area (Å²) in [5.41, 5.74) is 0. The Kier molecular flexibility index (Phi) is 3.79. The number of hydrogen-bond acceptors (Lipinski definition) is 3. The zero-order valence-electron chi connectivity index (χ0n) is 11.3. The van der Waals surface area contributed by atoms with Gasteiger partial charge in [0.05, 0.1) is 4.90 Å². The number of nitrogens with zero attached hydrogens (tertiary/aromatic N) is 1. The van der Waals surface area contributed by atoms with Crippen molar-refractivity contribution in [1.82, 2.24) is 9.62 Å². The van der Waals surface area contributed by atoms with Crippen LogP contribution in [0.15, 0.2) is 29.2 Å². The monoisotopic (exact) mass is 298 g/mol. The molecule has 2 heterocycles. The minimum Gasteiger partial charge on any atom is -0.300 e. The summed E-state index contributed by atoms with van der Waals surface area (Å²) in [4.78, 5) is 2.58. The average Bonchev–Trinajstić information content (AvgIpc) is 2.86. The molecule has 0 aromatic heterocycles. The molecule has 2 unspecified atom stereocenters. The first-order chi connectivity index (χ1) is 9.54. The molecule has 4 nitrogen and oxygen atoms in total. The molecule has 2 saturated heterocycles. The molecule has 20 heavy (non-hydrogen) atoms. The third-order valence-corrected chi connectivity index (χ3v) is 5.80.